The van der Waals surface area contributed by atoms with E-state index in [1.807, 2.05) is 25.1 Å². The fourth-order valence-electron chi connectivity index (χ4n) is 3.90. The number of ether oxygens (including phenoxy) is 2. The summed E-state index contributed by atoms with van der Waals surface area (Å²) in [5, 5.41) is 0.529. The number of morpholine rings is 1. The van der Waals surface area contributed by atoms with Crippen molar-refractivity contribution in [2.24, 2.45) is 0 Å². The SMILES string of the molecule is COc1ccc(S(=O)(=O)CC(=O)N(CCCN2CCOCC2)c2nc3c(C)cccc3s2)cc1. The Balaban J connectivity index is 1.55. The molecule has 10 heteroatoms. The number of carbonyl (C=O) groups is 1. The summed E-state index contributed by atoms with van der Waals surface area (Å²) in [4.78, 5) is 22.0. The molecule has 1 aliphatic heterocycles. The summed E-state index contributed by atoms with van der Waals surface area (Å²) < 4.78 is 37.5. The first kappa shape index (κ1) is 24.6. The second-order valence-electron chi connectivity index (χ2n) is 8.21. The van der Waals surface area contributed by atoms with E-state index in [0.717, 1.165) is 35.4 Å². The number of hydrogen-bond donors (Lipinski definition) is 0. The molecule has 0 bridgehead atoms. The number of methoxy groups -OCH3 is 1. The van der Waals surface area contributed by atoms with Crippen LogP contribution in [0.4, 0.5) is 5.13 Å². The highest BCUT2D eigenvalue weighted by atomic mass is 32.2. The monoisotopic (exact) mass is 503 g/mol. The Bertz CT molecular complexity index is 1240. The number of rotatable bonds is 9. The summed E-state index contributed by atoms with van der Waals surface area (Å²) in [7, 11) is -2.30. The van der Waals surface area contributed by atoms with E-state index in [0.29, 0.717) is 37.1 Å². The average Bonchev–Trinajstić information content (AvgIpc) is 3.27. The lowest BCUT2D eigenvalue weighted by Crippen LogP contribution is -2.40. The summed E-state index contributed by atoms with van der Waals surface area (Å²) in [6.07, 6.45) is 0.712. The molecule has 0 spiro atoms. The molecule has 2 aromatic carbocycles. The van der Waals surface area contributed by atoms with Gasteiger partial charge in [-0.15, -0.1) is 0 Å². The van der Waals surface area contributed by atoms with E-state index < -0.39 is 21.5 Å². The molecular formula is C24H29N3O5S2. The summed E-state index contributed by atoms with van der Waals surface area (Å²) >= 11 is 1.41. The number of hydrogen-bond acceptors (Lipinski definition) is 8. The van der Waals surface area contributed by atoms with Gasteiger partial charge in [-0.2, -0.15) is 0 Å². The predicted molar refractivity (Wildman–Crippen MR) is 134 cm³/mol. The van der Waals surface area contributed by atoms with Gasteiger partial charge >= 0.3 is 0 Å². The van der Waals surface area contributed by atoms with Crippen LogP contribution in [0.3, 0.4) is 0 Å². The fourth-order valence-corrected chi connectivity index (χ4v) is 6.19. The van der Waals surface area contributed by atoms with Gasteiger partial charge in [0.05, 0.1) is 35.4 Å². The number of aryl methyl sites for hydroxylation is 1. The topological polar surface area (TPSA) is 89.0 Å². The second-order valence-corrected chi connectivity index (χ2v) is 11.2. The van der Waals surface area contributed by atoms with Crippen molar-refractivity contribution in [3.8, 4) is 5.75 Å². The lowest BCUT2D eigenvalue weighted by molar-refractivity contribution is -0.116. The summed E-state index contributed by atoms with van der Waals surface area (Å²) in [6, 6.07) is 12.0. The van der Waals surface area contributed by atoms with Gasteiger partial charge in [-0.25, -0.2) is 13.4 Å². The van der Waals surface area contributed by atoms with E-state index in [4.69, 9.17) is 14.5 Å². The lowest BCUT2D eigenvalue weighted by Gasteiger charge is -2.27. The molecule has 8 nitrogen and oxygen atoms in total. The van der Waals surface area contributed by atoms with Gasteiger partial charge in [0.25, 0.3) is 0 Å². The summed E-state index contributed by atoms with van der Waals surface area (Å²) in [5.41, 5.74) is 1.86. The highest BCUT2D eigenvalue weighted by Gasteiger charge is 2.27. The number of fused-ring (bicyclic) bond motifs is 1. The number of carbonyl (C=O) groups excluding carboxylic acids is 1. The minimum absolute atomic E-state index is 0.0926. The number of sulfone groups is 1. The zero-order valence-corrected chi connectivity index (χ0v) is 21.0. The van der Waals surface area contributed by atoms with Crippen LogP contribution in [0, 0.1) is 6.92 Å². The summed E-state index contributed by atoms with van der Waals surface area (Å²) in [6.45, 7) is 6.32. The van der Waals surface area contributed by atoms with Crippen molar-refractivity contribution < 1.29 is 22.7 Å². The Morgan fingerprint density at radius 2 is 1.91 bits per heavy atom. The van der Waals surface area contributed by atoms with E-state index in [1.54, 1.807) is 12.1 Å². The zero-order chi connectivity index (χ0) is 24.1. The van der Waals surface area contributed by atoms with Crippen LogP contribution in [0.5, 0.6) is 5.75 Å². The van der Waals surface area contributed by atoms with Gasteiger partial charge in [0.2, 0.25) is 5.91 Å². The van der Waals surface area contributed by atoms with Crippen molar-refractivity contribution in [1.29, 1.82) is 0 Å². The van der Waals surface area contributed by atoms with Crippen molar-refractivity contribution in [3.05, 3.63) is 48.0 Å². The molecule has 3 aromatic rings. The van der Waals surface area contributed by atoms with Gasteiger partial charge in [0.15, 0.2) is 15.0 Å². The van der Waals surface area contributed by atoms with Gasteiger partial charge in [0.1, 0.15) is 11.5 Å². The highest BCUT2D eigenvalue weighted by molar-refractivity contribution is 7.92. The maximum Gasteiger partial charge on any atom is 0.244 e. The molecule has 0 radical (unpaired) electrons. The van der Waals surface area contributed by atoms with Crippen LogP contribution in [0.15, 0.2) is 47.4 Å². The molecule has 34 heavy (non-hydrogen) atoms. The molecule has 1 aliphatic rings. The minimum Gasteiger partial charge on any atom is -0.497 e. The Morgan fingerprint density at radius 3 is 2.59 bits per heavy atom. The smallest absolute Gasteiger partial charge is 0.244 e. The van der Waals surface area contributed by atoms with E-state index in [1.165, 1.54) is 35.5 Å². The van der Waals surface area contributed by atoms with E-state index in [9.17, 15) is 13.2 Å². The average molecular weight is 504 g/mol. The minimum atomic E-state index is -3.82. The van der Waals surface area contributed by atoms with Crippen molar-refractivity contribution in [2.75, 3.05) is 57.2 Å². The molecule has 0 saturated carbocycles. The van der Waals surface area contributed by atoms with Gasteiger partial charge in [0, 0.05) is 26.2 Å². The van der Waals surface area contributed by atoms with E-state index >= 15 is 0 Å². The second kappa shape index (κ2) is 10.8. The number of amides is 1. The molecule has 0 N–H and O–H groups in total. The zero-order valence-electron chi connectivity index (χ0n) is 19.4. The number of thiazole rings is 1. The molecule has 0 aliphatic carbocycles. The number of para-hydroxylation sites is 1. The first-order valence-corrected chi connectivity index (χ1v) is 13.7. The molecule has 2 heterocycles. The van der Waals surface area contributed by atoms with Gasteiger partial charge < -0.3 is 9.47 Å². The van der Waals surface area contributed by atoms with Crippen LogP contribution in [0.2, 0.25) is 0 Å². The van der Waals surface area contributed by atoms with Crippen LogP contribution in [-0.4, -0.2) is 76.5 Å². The van der Waals surface area contributed by atoms with Gasteiger partial charge in [-0.05, 0) is 49.2 Å². The molecule has 0 atom stereocenters. The Labute approximate surface area is 204 Å². The van der Waals surface area contributed by atoms with Gasteiger partial charge in [-0.3, -0.25) is 14.6 Å². The molecule has 1 fully saturated rings. The fraction of sp³-hybridized carbons (Fsp3) is 0.417. The van der Waals surface area contributed by atoms with E-state index in [-0.39, 0.29) is 4.90 Å². The van der Waals surface area contributed by atoms with Crippen LogP contribution in [0.25, 0.3) is 10.2 Å². The first-order chi connectivity index (χ1) is 16.4. The number of benzene rings is 2. The number of aromatic nitrogens is 1. The van der Waals surface area contributed by atoms with Crippen molar-refractivity contribution in [2.45, 2.75) is 18.2 Å². The maximum atomic E-state index is 13.4. The van der Waals surface area contributed by atoms with Crippen molar-refractivity contribution in [1.82, 2.24) is 9.88 Å². The molecule has 1 aromatic heterocycles. The Morgan fingerprint density at radius 1 is 1.18 bits per heavy atom. The number of anilines is 1. The van der Waals surface area contributed by atoms with Crippen LogP contribution in [0.1, 0.15) is 12.0 Å². The third-order valence-electron chi connectivity index (χ3n) is 5.83. The molecule has 1 amide bonds. The van der Waals surface area contributed by atoms with Crippen molar-refractivity contribution >= 4 is 42.4 Å². The first-order valence-electron chi connectivity index (χ1n) is 11.2. The molecule has 1 saturated heterocycles. The highest BCUT2D eigenvalue weighted by Crippen LogP contribution is 2.31. The normalized spacial score (nSPS) is 14.9. The van der Waals surface area contributed by atoms with Crippen LogP contribution >= 0.6 is 11.3 Å². The summed E-state index contributed by atoms with van der Waals surface area (Å²) in [5.74, 6) is -0.541. The van der Waals surface area contributed by atoms with Crippen molar-refractivity contribution in [3.63, 3.8) is 0 Å². The Hall–Kier alpha value is -2.53. The quantitative estimate of drug-likeness (QED) is 0.443. The number of nitrogens with zero attached hydrogens (tertiary/aromatic N) is 3. The molecule has 0 unspecified atom stereocenters. The standard InChI is InChI=1S/C24H29N3O5S2/c1-18-5-3-6-21-23(18)25-24(33-21)27(12-4-11-26-13-15-32-16-14-26)22(28)17-34(29,30)20-9-7-19(31-2)8-10-20/h3,5-10H,4,11-17H2,1-2H3. The van der Waals surface area contributed by atoms with Gasteiger partial charge in [-0.1, -0.05) is 23.5 Å². The largest absolute Gasteiger partial charge is 0.497 e. The van der Waals surface area contributed by atoms with E-state index in [2.05, 4.69) is 4.90 Å². The molecular weight excluding hydrogens is 474 g/mol. The predicted octanol–water partition coefficient (Wildman–Crippen LogP) is 3.14. The Kier molecular flexibility index (Phi) is 7.82. The molecule has 182 valence electrons. The maximum absolute atomic E-state index is 13.4. The van der Waals surface area contributed by atoms with Crippen LogP contribution in [-0.2, 0) is 19.4 Å². The third kappa shape index (κ3) is 5.75. The third-order valence-corrected chi connectivity index (χ3v) is 8.49. The molecule has 4 rings (SSSR count). The lowest BCUT2D eigenvalue weighted by atomic mass is 10.2. The van der Waals surface area contributed by atoms with Crippen LogP contribution < -0.4 is 9.64 Å².